The third-order valence-electron chi connectivity index (χ3n) is 5.85. The molecule has 0 saturated heterocycles. The van der Waals surface area contributed by atoms with E-state index in [1.165, 1.54) is 36.7 Å². The number of para-hydroxylation sites is 1. The van der Waals surface area contributed by atoms with E-state index >= 15 is 0 Å². The van der Waals surface area contributed by atoms with Crippen LogP contribution in [-0.4, -0.2) is 43.5 Å². The molecule has 0 bridgehead atoms. The van der Waals surface area contributed by atoms with E-state index in [2.05, 4.69) is 20.0 Å². The lowest BCUT2D eigenvalue weighted by molar-refractivity contribution is 0.102. The minimum Gasteiger partial charge on any atom is -0.493 e. The monoisotopic (exact) mass is 541 g/mol. The highest BCUT2D eigenvalue weighted by atomic mass is 32.2. The number of benzene rings is 3. The van der Waals surface area contributed by atoms with Gasteiger partial charge in [-0.05, 0) is 60.7 Å². The van der Waals surface area contributed by atoms with Gasteiger partial charge in [0.2, 0.25) is 5.95 Å². The van der Waals surface area contributed by atoms with Crippen LogP contribution in [0.15, 0.2) is 96.2 Å². The Labute approximate surface area is 224 Å². The first-order valence-electron chi connectivity index (χ1n) is 11.7. The first-order chi connectivity index (χ1) is 18.9. The minimum absolute atomic E-state index is 0.00180. The molecule has 5 aromatic rings. The van der Waals surface area contributed by atoms with Crippen LogP contribution in [0.2, 0.25) is 0 Å². The number of nitrogens with one attached hydrogen (secondary N) is 2. The van der Waals surface area contributed by atoms with Gasteiger partial charge in [0.25, 0.3) is 15.9 Å². The Morgan fingerprint density at radius 2 is 1.54 bits per heavy atom. The summed E-state index contributed by atoms with van der Waals surface area (Å²) in [7, 11) is -0.790. The molecule has 0 aliphatic carbocycles. The van der Waals surface area contributed by atoms with Gasteiger partial charge >= 0.3 is 0 Å². The smallest absolute Gasteiger partial charge is 0.264 e. The molecule has 2 N–H and O–H groups in total. The number of fused-ring (bicyclic) bond motifs is 1. The molecule has 2 aromatic heterocycles. The van der Waals surface area contributed by atoms with Crippen molar-refractivity contribution in [1.29, 1.82) is 0 Å². The molecular formula is C28H23N5O5S. The Kier molecular flexibility index (Phi) is 7.06. The Bertz CT molecular complexity index is 1760. The van der Waals surface area contributed by atoms with Gasteiger partial charge in [-0.25, -0.2) is 28.1 Å². The zero-order valence-corrected chi connectivity index (χ0v) is 21.8. The highest BCUT2D eigenvalue weighted by Crippen LogP contribution is 2.33. The van der Waals surface area contributed by atoms with Crippen molar-refractivity contribution in [3.05, 3.63) is 96.8 Å². The van der Waals surface area contributed by atoms with Crippen molar-refractivity contribution >= 4 is 38.5 Å². The second kappa shape index (κ2) is 10.8. The predicted octanol–water partition coefficient (Wildman–Crippen LogP) is 4.76. The van der Waals surface area contributed by atoms with Crippen LogP contribution in [-0.2, 0) is 10.0 Å². The number of sulfonamides is 1. The van der Waals surface area contributed by atoms with Gasteiger partial charge in [-0.3, -0.25) is 4.79 Å². The fraction of sp³-hybridized carbons (Fsp3) is 0.0714. The van der Waals surface area contributed by atoms with Crippen LogP contribution in [0.3, 0.4) is 0 Å². The Morgan fingerprint density at radius 1 is 0.821 bits per heavy atom. The number of methoxy groups -OCH3 is 2. The Morgan fingerprint density at radius 3 is 2.26 bits per heavy atom. The van der Waals surface area contributed by atoms with E-state index in [1.807, 2.05) is 30.3 Å². The van der Waals surface area contributed by atoms with E-state index in [0.717, 1.165) is 5.56 Å². The quantitative estimate of drug-likeness (QED) is 0.287. The van der Waals surface area contributed by atoms with Crippen LogP contribution < -0.4 is 19.5 Å². The lowest BCUT2D eigenvalue weighted by Gasteiger charge is -2.13. The molecule has 0 fully saturated rings. The third kappa shape index (κ3) is 5.48. The van der Waals surface area contributed by atoms with E-state index in [1.54, 1.807) is 38.5 Å². The van der Waals surface area contributed by atoms with Gasteiger partial charge in [0.05, 0.1) is 35.9 Å². The molecule has 1 amide bonds. The van der Waals surface area contributed by atoms with E-state index in [4.69, 9.17) is 14.5 Å². The maximum Gasteiger partial charge on any atom is 0.264 e. The molecule has 10 nitrogen and oxygen atoms in total. The van der Waals surface area contributed by atoms with Crippen molar-refractivity contribution in [3.63, 3.8) is 0 Å². The second-order valence-electron chi connectivity index (χ2n) is 8.30. The summed E-state index contributed by atoms with van der Waals surface area (Å²) in [5.41, 5.74) is 2.80. The van der Waals surface area contributed by atoms with Crippen LogP contribution >= 0.6 is 0 Å². The molecule has 2 heterocycles. The van der Waals surface area contributed by atoms with Crippen LogP contribution in [0.1, 0.15) is 10.4 Å². The fourth-order valence-corrected chi connectivity index (χ4v) is 4.91. The minimum atomic E-state index is -3.90. The molecule has 0 atom stereocenters. The number of hydrogen-bond donors (Lipinski definition) is 2. The molecule has 0 saturated carbocycles. The van der Waals surface area contributed by atoms with Crippen LogP contribution in [0.4, 0.5) is 11.6 Å². The lowest BCUT2D eigenvalue weighted by Crippen LogP contribution is -2.15. The van der Waals surface area contributed by atoms with Gasteiger partial charge in [0.1, 0.15) is 0 Å². The van der Waals surface area contributed by atoms with E-state index in [0.29, 0.717) is 39.3 Å². The van der Waals surface area contributed by atoms with E-state index in [9.17, 15) is 13.2 Å². The van der Waals surface area contributed by atoms with Crippen molar-refractivity contribution in [3.8, 4) is 22.8 Å². The van der Waals surface area contributed by atoms with Crippen molar-refractivity contribution < 1.29 is 22.7 Å². The highest BCUT2D eigenvalue weighted by molar-refractivity contribution is 7.92. The predicted molar refractivity (Wildman–Crippen MR) is 148 cm³/mol. The number of anilines is 2. The molecule has 0 aliphatic rings. The zero-order valence-electron chi connectivity index (χ0n) is 21.0. The van der Waals surface area contributed by atoms with Crippen LogP contribution in [0, 0.1) is 0 Å². The number of aromatic nitrogens is 3. The van der Waals surface area contributed by atoms with Gasteiger partial charge in [-0.15, -0.1) is 0 Å². The van der Waals surface area contributed by atoms with Crippen molar-refractivity contribution in [2.75, 3.05) is 24.3 Å². The first-order valence-corrected chi connectivity index (χ1v) is 13.2. The highest BCUT2D eigenvalue weighted by Gasteiger charge is 2.18. The summed E-state index contributed by atoms with van der Waals surface area (Å²) in [5.74, 6) is 0.711. The van der Waals surface area contributed by atoms with Crippen LogP contribution in [0.5, 0.6) is 11.5 Å². The molecule has 0 radical (unpaired) electrons. The number of rotatable bonds is 8. The summed E-state index contributed by atoms with van der Waals surface area (Å²) in [6, 6.07) is 21.8. The van der Waals surface area contributed by atoms with Crippen molar-refractivity contribution in [1.82, 2.24) is 15.0 Å². The number of amides is 1. The number of pyridine rings is 1. The molecule has 39 heavy (non-hydrogen) atoms. The van der Waals surface area contributed by atoms with Crippen molar-refractivity contribution in [2.24, 2.45) is 0 Å². The van der Waals surface area contributed by atoms with E-state index < -0.39 is 10.0 Å². The average Bonchev–Trinajstić information content (AvgIpc) is 2.96. The second-order valence-corrected chi connectivity index (χ2v) is 9.98. The normalized spacial score (nSPS) is 11.1. The van der Waals surface area contributed by atoms with Gasteiger partial charge in [0.15, 0.2) is 11.5 Å². The summed E-state index contributed by atoms with van der Waals surface area (Å²) in [5, 5.41) is 3.52. The lowest BCUT2D eigenvalue weighted by atomic mass is 10.0. The molecule has 0 unspecified atom stereocenters. The Balaban J connectivity index is 1.43. The van der Waals surface area contributed by atoms with Crippen molar-refractivity contribution in [2.45, 2.75) is 4.90 Å². The SMILES string of the molecule is COc1ccc(-c2cc(C(=O)Nc3ccc(S(=O)(=O)Nc4ncccn4)cc3)c3ccccc3n2)cc1OC. The maximum absolute atomic E-state index is 13.4. The molecule has 5 rings (SSSR count). The zero-order chi connectivity index (χ0) is 27.4. The molecule has 0 aliphatic heterocycles. The maximum atomic E-state index is 13.4. The number of carbonyl (C=O) groups is 1. The molecule has 196 valence electrons. The number of ether oxygens (including phenoxy) is 2. The van der Waals surface area contributed by atoms with Gasteiger partial charge in [-0.1, -0.05) is 18.2 Å². The van der Waals surface area contributed by atoms with Crippen LogP contribution in [0.25, 0.3) is 22.2 Å². The third-order valence-corrected chi connectivity index (χ3v) is 7.20. The van der Waals surface area contributed by atoms with Gasteiger partial charge < -0.3 is 14.8 Å². The summed E-state index contributed by atoms with van der Waals surface area (Å²) >= 11 is 0. The Hall–Kier alpha value is -5.03. The summed E-state index contributed by atoms with van der Waals surface area (Å²) in [6.45, 7) is 0. The number of nitrogens with zero attached hydrogens (tertiary/aromatic N) is 3. The fourth-order valence-electron chi connectivity index (χ4n) is 3.95. The van der Waals surface area contributed by atoms with E-state index in [-0.39, 0.29) is 16.8 Å². The molecule has 0 spiro atoms. The first kappa shape index (κ1) is 25.6. The average molecular weight is 542 g/mol. The largest absolute Gasteiger partial charge is 0.493 e. The topological polar surface area (TPSA) is 132 Å². The van der Waals surface area contributed by atoms with Gasteiger partial charge in [0, 0.05) is 29.0 Å². The summed E-state index contributed by atoms with van der Waals surface area (Å²) in [4.78, 5) is 25.9. The summed E-state index contributed by atoms with van der Waals surface area (Å²) < 4.78 is 38.4. The summed E-state index contributed by atoms with van der Waals surface area (Å²) in [6.07, 6.45) is 2.87. The molecular weight excluding hydrogens is 518 g/mol. The molecule has 11 heteroatoms. The molecule has 3 aromatic carbocycles. The van der Waals surface area contributed by atoms with Gasteiger partial charge in [-0.2, -0.15) is 0 Å². The standard InChI is InChI=1S/C28H23N5O5S/c1-37-25-13-8-18(16-26(25)38-2)24-17-22(21-6-3-4-7-23(21)32-24)27(34)31-19-9-11-20(12-10-19)39(35,36)33-28-29-14-5-15-30-28/h3-17H,1-2H3,(H,31,34)(H,29,30,33). The number of carbonyl (C=O) groups excluding carboxylic acids is 1. The number of hydrogen-bond acceptors (Lipinski definition) is 8.